The molecule has 1 amide bonds. The maximum atomic E-state index is 12.5. The van der Waals surface area contributed by atoms with E-state index in [0.717, 1.165) is 25.7 Å². The van der Waals surface area contributed by atoms with Gasteiger partial charge in [0, 0.05) is 6.42 Å². The fourth-order valence-electron chi connectivity index (χ4n) is 11.5. The van der Waals surface area contributed by atoms with E-state index in [1.54, 1.807) is 6.08 Å². The molecular weight excluding hydrogens is 927 g/mol. The van der Waals surface area contributed by atoms with Gasteiger partial charge in [-0.15, -0.1) is 0 Å². The summed E-state index contributed by atoms with van der Waals surface area (Å²) in [5.41, 5.74) is 0. The van der Waals surface area contributed by atoms with Crippen LogP contribution >= 0.6 is 0 Å². The lowest BCUT2D eigenvalue weighted by atomic mass is 10.0. The third-order valence-corrected chi connectivity index (χ3v) is 16.9. The summed E-state index contributed by atoms with van der Waals surface area (Å²) in [6.07, 6.45) is 92.8. The number of aliphatic hydroxyl groups is 2. The van der Waals surface area contributed by atoms with Gasteiger partial charge >= 0.3 is 0 Å². The number of allylic oxidation sites excluding steroid dienone is 3. The average Bonchev–Trinajstić information content (AvgIpc) is 3.42. The molecule has 4 nitrogen and oxygen atoms in total. The first-order valence-corrected chi connectivity index (χ1v) is 35.6. The summed E-state index contributed by atoms with van der Waals surface area (Å²) in [5, 5.41) is 23.3. The molecule has 0 aliphatic rings. The van der Waals surface area contributed by atoms with Gasteiger partial charge in [0.2, 0.25) is 5.91 Å². The van der Waals surface area contributed by atoms with Crippen LogP contribution in [0.5, 0.6) is 0 Å². The zero-order chi connectivity index (χ0) is 54.8. The van der Waals surface area contributed by atoms with Gasteiger partial charge in [-0.05, 0) is 44.9 Å². The van der Waals surface area contributed by atoms with E-state index >= 15 is 0 Å². The molecule has 0 heterocycles. The van der Waals surface area contributed by atoms with Crippen molar-refractivity contribution in [2.24, 2.45) is 0 Å². The molecule has 0 aliphatic heterocycles. The van der Waals surface area contributed by atoms with Crippen molar-refractivity contribution >= 4 is 5.91 Å². The summed E-state index contributed by atoms with van der Waals surface area (Å²) in [6, 6.07) is -0.621. The molecule has 0 saturated heterocycles. The molecule has 3 N–H and O–H groups in total. The lowest BCUT2D eigenvalue weighted by Gasteiger charge is -2.20. The molecule has 0 bridgehead atoms. The molecule has 452 valence electrons. The highest BCUT2D eigenvalue weighted by molar-refractivity contribution is 5.76. The Morgan fingerprint density at radius 1 is 0.303 bits per heavy atom. The Bertz CT molecular complexity index is 1120. The van der Waals surface area contributed by atoms with Crippen LogP contribution in [0.2, 0.25) is 0 Å². The van der Waals surface area contributed by atoms with E-state index in [4.69, 9.17) is 0 Å². The maximum Gasteiger partial charge on any atom is 0.220 e. The second-order valence-electron chi connectivity index (χ2n) is 24.7. The Kier molecular flexibility index (Phi) is 67.1. The third-order valence-electron chi connectivity index (χ3n) is 16.9. The van der Waals surface area contributed by atoms with Crippen LogP contribution in [0.3, 0.4) is 0 Å². The van der Waals surface area contributed by atoms with Crippen LogP contribution in [0.4, 0.5) is 0 Å². The number of hydrogen-bond acceptors (Lipinski definition) is 3. The number of carbonyl (C=O) groups is 1. The van der Waals surface area contributed by atoms with Crippen LogP contribution in [0.1, 0.15) is 412 Å². The van der Waals surface area contributed by atoms with E-state index in [-0.39, 0.29) is 12.5 Å². The van der Waals surface area contributed by atoms with Crippen molar-refractivity contribution in [3.8, 4) is 0 Å². The number of carbonyl (C=O) groups excluding carboxylic acids is 1. The molecule has 2 unspecified atom stereocenters. The van der Waals surface area contributed by atoms with Crippen molar-refractivity contribution in [3.05, 3.63) is 24.3 Å². The Hall–Kier alpha value is -1.13. The molecule has 0 rings (SSSR count). The molecule has 0 radical (unpaired) electrons. The zero-order valence-electron chi connectivity index (χ0n) is 52.3. The predicted octanol–water partition coefficient (Wildman–Crippen LogP) is 24.2. The zero-order valence-corrected chi connectivity index (χ0v) is 52.3. The molecule has 2 atom stereocenters. The van der Waals surface area contributed by atoms with Gasteiger partial charge in [0.05, 0.1) is 18.8 Å². The first kappa shape index (κ1) is 74.9. The highest BCUT2D eigenvalue weighted by atomic mass is 16.3. The first-order chi connectivity index (χ1) is 37.7. The summed E-state index contributed by atoms with van der Waals surface area (Å²) in [7, 11) is 0. The second kappa shape index (κ2) is 68.1. The second-order valence-corrected chi connectivity index (χ2v) is 24.7. The van der Waals surface area contributed by atoms with Crippen molar-refractivity contribution in [3.63, 3.8) is 0 Å². The van der Waals surface area contributed by atoms with Crippen molar-refractivity contribution < 1.29 is 15.0 Å². The minimum absolute atomic E-state index is 0.0542. The van der Waals surface area contributed by atoms with Gasteiger partial charge in [0.1, 0.15) is 0 Å². The van der Waals surface area contributed by atoms with E-state index in [2.05, 4.69) is 31.3 Å². The lowest BCUT2D eigenvalue weighted by Crippen LogP contribution is -2.45. The lowest BCUT2D eigenvalue weighted by molar-refractivity contribution is -0.123. The number of hydrogen-bond donors (Lipinski definition) is 3. The highest BCUT2D eigenvalue weighted by Crippen LogP contribution is 2.19. The van der Waals surface area contributed by atoms with E-state index < -0.39 is 12.1 Å². The molecule has 4 heteroatoms. The van der Waals surface area contributed by atoms with Crippen molar-refractivity contribution in [2.45, 2.75) is 424 Å². The van der Waals surface area contributed by atoms with Crippen LogP contribution in [-0.2, 0) is 4.79 Å². The topological polar surface area (TPSA) is 69.6 Å². The normalized spacial score (nSPS) is 12.7. The van der Waals surface area contributed by atoms with E-state index in [1.807, 2.05) is 6.08 Å². The van der Waals surface area contributed by atoms with Crippen molar-refractivity contribution in [1.29, 1.82) is 0 Å². The SMILES string of the molecule is CCCCCCCCCC/C=C\CCCCCCCCCCCCCCCCCCCCCCCC(=O)NC(CO)C(O)/C=C/CCCCCCCCCCCCCCCCCCCCCCCCCCCCCCC. The largest absolute Gasteiger partial charge is 0.394 e. The molecule has 0 fully saturated rings. The summed E-state index contributed by atoms with van der Waals surface area (Å²) in [5.74, 6) is -0.0542. The van der Waals surface area contributed by atoms with E-state index in [1.165, 1.54) is 366 Å². The van der Waals surface area contributed by atoms with Gasteiger partial charge in [-0.2, -0.15) is 0 Å². The third kappa shape index (κ3) is 63.7. The van der Waals surface area contributed by atoms with Gasteiger partial charge in [0.15, 0.2) is 0 Å². The molecule has 0 aromatic carbocycles. The Labute approximate surface area is 479 Å². The van der Waals surface area contributed by atoms with Gasteiger partial charge < -0.3 is 15.5 Å². The fourth-order valence-corrected chi connectivity index (χ4v) is 11.5. The molecule has 0 aromatic rings. The van der Waals surface area contributed by atoms with Crippen molar-refractivity contribution in [2.75, 3.05) is 6.61 Å². The Morgan fingerprint density at radius 2 is 0.500 bits per heavy atom. The van der Waals surface area contributed by atoms with Crippen LogP contribution in [-0.4, -0.2) is 34.9 Å². The predicted molar refractivity (Wildman–Crippen MR) is 341 cm³/mol. The molecule has 0 aromatic heterocycles. The minimum Gasteiger partial charge on any atom is -0.394 e. The van der Waals surface area contributed by atoms with Gasteiger partial charge in [-0.1, -0.05) is 385 Å². The van der Waals surface area contributed by atoms with Gasteiger partial charge in [0.25, 0.3) is 0 Å². The monoisotopic (exact) mass is 1070 g/mol. The summed E-state index contributed by atoms with van der Waals surface area (Å²) in [4.78, 5) is 12.5. The van der Waals surface area contributed by atoms with E-state index in [9.17, 15) is 15.0 Å². The molecular formula is C72H141NO3. The molecule has 0 saturated carbocycles. The standard InChI is InChI=1S/C72H141NO3/c1-3-5-7-9-11-13-15-17-19-21-23-25-27-29-31-33-35-36-38-40-42-44-46-48-50-52-54-56-58-60-62-64-66-68-72(76)73-70(69-74)71(75)67-65-63-61-59-57-55-53-51-49-47-45-43-41-39-37-34-32-30-28-26-24-22-20-18-16-14-12-10-8-6-4-2/h21,23,65,67,70-71,74-75H,3-20,22,24-64,66,68-69H2,1-2H3,(H,73,76)/b23-21-,67-65+. The van der Waals surface area contributed by atoms with Gasteiger partial charge in [-0.3, -0.25) is 4.79 Å². The molecule has 0 spiro atoms. The van der Waals surface area contributed by atoms with E-state index in [0.29, 0.717) is 6.42 Å². The summed E-state index contributed by atoms with van der Waals surface area (Å²) < 4.78 is 0. The highest BCUT2D eigenvalue weighted by Gasteiger charge is 2.18. The number of unbranched alkanes of at least 4 members (excludes halogenated alkanes) is 58. The van der Waals surface area contributed by atoms with Crippen LogP contribution < -0.4 is 5.32 Å². The number of aliphatic hydroxyl groups excluding tert-OH is 2. The van der Waals surface area contributed by atoms with Gasteiger partial charge in [-0.25, -0.2) is 0 Å². The summed E-state index contributed by atoms with van der Waals surface area (Å²) >= 11 is 0. The summed E-state index contributed by atoms with van der Waals surface area (Å²) in [6.45, 7) is 4.36. The number of amides is 1. The van der Waals surface area contributed by atoms with Crippen LogP contribution in [0.15, 0.2) is 24.3 Å². The maximum absolute atomic E-state index is 12.5. The average molecular weight is 1070 g/mol. The van der Waals surface area contributed by atoms with Crippen molar-refractivity contribution in [1.82, 2.24) is 5.32 Å². The number of nitrogens with one attached hydrogen (secondary N) is 1. The number of rotatable bonds is 67. The smallest absolute Gasteiger partial charge is 0.220 e. The fraction of sp³-hybridized carbons (Fsp3) is 0.931. The Morgan fingerprint density at radius 3 is 0.724 bits per heavy atom. The first-order valence-electron chi connectivity index (χ1n) is 35.6. The Balaban J connectivity index is 3.40. The van der Waals surface area contributed by atoms with Crippen LogP contribution in [0.25, 0.3) is 0 Å². The quantitative estimate of drug-likeness (QED) is 0.0420. The van der Waals surface area contributed by atoms with Crippen LogP contribution in [0, 0.1) is 0 Å². The molecule has 76 heavy (non-hydrogen) atoms. The molecule has 0 aliphatic carbocycles. The minimum atomic E-state index is -0.839.